The van der Waals surface area contributed by atoms with Crippen molar-refractivity contribution in [2.75, 3.05) is 6.61 Å². The van der Waals surface area contributed by atoms with Crippen molar-refractivity contribution in [3.05, 3.63) is 34.4 Å². The van der Waals surface area contributed by atoms with Gasteiger partial charge in [0.15, 0.2) is 0 Å². The number of non-ortho nitro benzene ring substituents is 1. The fraction of sp³-hybridized carbons (Fsp3) is 0.300. The number of nitrogens with zero attached hydrogens (tertiary/aromatic N) is 1. The predicted molar refractivity (Wildman–Crippen MR) is 58.8 cm³/mol. The summed E-state index contributed by atoms with van der Waals surface area (Å²) in [6, 6.07) is 4.67. The molecule has 92 valence electrons. The molecular formula is C10H12N2O5. The summed E-state index contributed by atoms with van der Waals surface area (Å²) in [7, 11) is 0. The molecule has 17 heavy (non-hydrogen) atoms. The van der Waals surface area contributed by atoms with E-state index in [1.807, 2.05) is 0 Å². The minimum Gasteiger partial charge on any atom is -0.493 e. The summed E-state index contributed by atoms with van der Waals surface area (Å²) in [5, 5.41) is 19.0. The number of aliphatic carboxylic acids is 1. The van der Waals surface area contributed by atoms with Gasteiger partial charge in [0.05, 0.1) is 17.6 Å². The molecule has 0 spiro atoms. The smallest absolute Gasteiger partial charge is 0.320 e. The van der Waals surface area contributed by atoms with Crippen LogP contribution >= 0.6 is 0 Å². The summed E-state index contributed by atoms with van der Waals surface area (Å²) in [5.74, 6) is -0.788. The van der Waals surface area contributed by atoms with E-state index in [1.165, 1.54) is 18.2 Å². The third kappa shape index (κ3) is 4.07. The van der Waals surface area contributed by atoms with Crippen LogP contribution in [0, 0.1) is 10.1 Å². The molecule has 1 atom stereocenters. The zero-order valence-electron chi connectivity index (χ0n) is 8.91. The number of ether oxygens (including phenoxy) is 1. The summed E-state index contributed by atoms with van der Waals surface area (Å²) in [5.41, 5.74) is 5.19. The summed E-state index contributed by atoms with van der Waals surface area (Å²) in [6.07, 6.45) is 0.137. The van der Waals surface area contributed by atoms with Gasteiger partial charge in [-0.3, -0.25) is 14.9 Å². The van der Waals surface area contributed by atoms with E-state index in [9.17, 15) is 14.9 Å². The Bertz CT molecular complexity index is 421. The van der Waals surface area contributed by atoms with Crippen LogP contribution in [-0.2, 0) is 4.79 Å². The van der Waals surface area contributed by atoms with Gasteiger partial charge in [-0.2, -0.15) is 0 Å². The number of hydrogen-bond donors (Lipinski definition) is 2. The lowest BCUT2D eigenvalue weighted by atomic mass is 10.2. The molecule has 0 radical (unpaired) electrons. The number of nitro groups is 1. The highest BCUT2D eigenvalue weighted by Crippen LogP contribution is 2.19. The first-order chi connectivity index (χ1) is 8.00. The molecule has 3 N–H and O–H groups in total. The number of carboxylic acids is 1. The molecule has 7 heteroatoms. The minimum absolute atomic E-state index is 0.0787. The number of nitro benzene ring substituents is 1. The molecule has 0 saturated carbocycles. The number of hydrogen-bond acceptors (Lipinski definition) is 5. The number of nitrogens with two attached hydrogens (primary N) is 1. The molecule has 0 amide bonds. The predicted octanol–water partition coefficient (Wildman–Crippen LogP) is 0.776. The van der Waals surface area contributed by atoms with Crippen molar-refractivity contribution in [1.82, 2.24) is 0 Å². The van der Waals surface area contributed by atoms with Crippen LogP contribution < -0.4 is 10.5 Å². The van der Waals surface area contributed by atoms with Crippen molar-refractivity contribution in [1.29, 1.82) is 0 Å². The van der Waals surface area contributed by atoms with E-state index in [2.05, 4.69) is 0 Å². The van der Waals surface area contributed by atoms with Crippen LogP contribution in [0.2, 0.25) is 0 Å². The molecule has 1 unspecified atom stereocenters. The van der Waals surface area contributed by atoms with E-state index in [4.69, 9.17) is 15.6 Å². The first-order valence-electron chi connectivity index (χ1n) is 4.86. The van der Waals surface area contributed by atoms with Crippen LogP contribution in [0.4, 0.5) is 5.69 Å². The maximum atomic E-state index is 10.5. The Kier molecular flexibility index (Phi) is 4.41. The topological polar surface area (TPSA) is 116 Å². The highest BCUT2D eigenvalue weighted by Gasteiger charge is 2.11. The van der Waals surface area contributed by atoms with E-state index < -0.39 is 16.9 Å². The summed E-state index contributed by atoms with van der Waals surface area (Å²) < 4.78 is 5.17. The zero-order chi connectivity index (χ0) is 12.8. The van der Waals surface area contributed by atoms with Crippen LogP contribution in [-0.4, -0.2) is 28.6 Å². The first kappa shape index (κ1) is 12.9. The second-order valence-corrected chi connectivity index (χ2v) is 3.34. The summed E-state index contributed by atoms with van der Waals surface area (Å²) in [6.45, 7) is 0.0919. The third-order valence-electron chi connectivity index (χ3n) is 2.04. The van der Waals surface area contributed by atoms with Crippen LogP contribution in [0.25, 0.3) is 0 Å². The van der Waals surface area contributed by atoms with E-state index in [1.54, 1.807) is 6.07 Å². The SMILES string of the molecule is NC(CCOc1cccc([N+](=O)[O-])c1)C(=O)O. The molecule has 0 aliphatic heterocycles. The van der Waals surface area contributed by atoms with Crippen molar-refractivity contribution in [3.63, 3.8) is 0 Å². The molecule has 1 rings (SSSR count). The Morgan fingerprint density at radius 3 is 2.88 bits per heavy atom. The van der Waals surface area contributed by atoms with Gasteiger partial charge in [-0.25, -0.2) is 0 Å². The second-order valence-electron chi connectivity index (χ2n) is 3.34. The Morgan fingerprint density at radius 1 is 1.59 bits per heavy atom. The Labute approximate surface area is 97.0 Å². The average molecular weight is 240 g/mol. The molecule has 1 aromatic carbocycles. The lowest BCUT2D eigenvalue weighted by Crippen LogP contribution is -2.31. The molecular weight excluding hydrogens is 228 g/mol. The molecule has 0 bridgehead atoms. The maximum Gasteiger partial charge on any atom is 0.320 e. The van der Waals surface area contributed by atoms with Crippen LogP contribution in [0.1, 0.15) is 6.42 Å². The normalized spacial score (nSPS) is 11.8. The van der Waals surface area contributed by atoms with E-state index >= 15 is 0 Å². The summed E-state index contributed by atoms with van der Waals surface area (Å²) in [4.78, 5) is 20.4. The highest BCUT2D eigenvalue weighted by atomic mass is 16.6. The monoisotopic (exact) mass is 240 g/mol. The lowest BCUT2D eigenvalue weighted by molar-refractivity contribution is -0.384. The molecule has 0 aromatic heterocycles. The molecule has 7 nitrogen and oxygen atoms in total. The fourth-order valence-corrected chi connectivity index (χ4v) is 1.11. The van der Waals surface area contributed by atoms with Crippen molar-refractivity contribution >= 4 is 11.7 Å². The second kappa shape index (κ2) is 5.80. The van der Waals surface area contributed by atoms with Crippen molar-refractivity contribution in [2.24, 2.45) is 5.73 Å². The summed E-state index contributed by atoms with van der Waals surface area (Å²) >= 11 is 0. The van der Waals surface area contributed by atoms with Gasteiger partial charge >= 0.3 is 5.97 Å². The van der Waals surface area contributed by atoms with Gasteiger partial charge in [0.1, 0.15) is 11.8 Å². The number of rotatable bonds is 6. The van der Waals surface area contributed by atoms with Crippen molar-refractivity contribution < 1.29 is 19.6 Å². The first-order valence-corrected chi connectivity index (χ1v) is 4.86. The van der Waals surface area contributed by atoms with Gasteiger partial charge in [0, 0.05) is 12.5 Å². The molecule has 0 aliphatic carbocycles. The average Bonchev–Trinajstić information content (AvgIpc) is 2.29. The molecule has 0 heterocycles. The van der Waals surface area contributed by atoms with Gasteiger partial charge in [0.25, 0.3) is 5.69 Å². The van der Waals surface area contributed by atoms with E-state index in [-0.39, 0.29) is 18.7 Å². The van der Waals surface area contributed by atoms with Crippen LogP contribution in [0.3, 0.4) is 0 Å². The van der Waals surface area contributed by atoms with Crippen LogP contribution in [0.5, 0.6) is 5.75 Å². The molecule has 0 saturated heterocycles. The number of benzene rings is 1. The number of carbonyl (C=O) groups is 1. The van der Waals surface area contributed by atoms with Crippen molar-refractivity contribution in [3.8, 4) is 5.75 Å². The fourth-order valence-electron chi connectivity index (χ4n) is 1.11. The number of carboxylic acid groups (broad SMARTS) is 1. The molecule has 0 fully saturated rings. The third-order valence-corrected chi connectivity index (χ3v) is 2.04. The maximum absolute atomic E-state index is 10.5. The minimum atomic E-state index is -1.10. The standard InChI is InChI=1S/C10H12N2O5/c11-9(10(13)14)4-5-17-8-3-1-2-7(6-8)12(15)16/h1-3,6,9H,4-5,11H2,(H,13,14). The van der Waals surface area contributed by atoms with E-state index in [0.29, 0.717) is 5.75 Å². The van der Waals surface area contributed by atoms with Gasteiger partial charge in [0.2, 0.25) is 0 Å². The Morgan fingerprint density at radius 2 is 2.29 bits per heavy atom. The quantitative estimate of drug-likeness (QED) is 0.560. The largest absolute Gasteiger partial charge is 0.493 e. The Balaban J connectivity index is 2.49. The van der Waals surface area contributed by atoms with Gasteiger partial charge < -0.3 is 15.6 Å². The van der Waals surface area contributed by atoms with E-state index in [0.717, 1.165) is 0 Å². The van der Waals surface area contributed by atoms with Crippen molar-refractivity contribution in [2.45, 2.75) is 12.5 Å². The lowest BCUT2D eigenvalue weighted by Gasteiger charge is -2.08. The van der Waals surface area contributed by atoms with Gasteiger partial charge in [-0.1, -0.05) is 6.07 Å². The Hall–Kier alpha value is -2.15. The zero-order valence-corrected chi connectivity index (χ0v) is 8.91. The van der Waals surface area contributed by atoms with Crippen LogP contribution in [0.15, 0.2) is 24.3 Å². The molecule has 1 aromatic rings. The highest BCUT2D eigenvalue weighted by molar-refractivity contribution is 5.72. The van der Waals surface area contributed by atoms with Gasteiger partial charge in [-0.15, -0.1) is 0 Å². The van der Waals surface area contributed by atoms with Gasteiger partial charge in [-0.05, 0) is 6.07 Å². The molecule has 0 aliphatic rings.